The zero-order valence-electron chi connectivity index (χ0n) is 13.2. The van der Waals surface area contributed by atoms with E-state index in [0.29, 0.717) is 31.3 Å². The summed E-state index contributed by atoms with van der Waals surface area (Å²) in [6, 6.07) is 6.54. The first-order valence-electron chi connectivity index (χ1n) is 7.74. The van der Waals surface area contributed by atoms with E-state index < -0.39 is 10.0 Å². The minimum atomic E-state index is -3.55. The first-order valence-corrected chi connectivity index (χ1v) is 9.97. The lowest BCUT2D eigenvalue weighted by molar-refractivity contribution is 0.264. The molecule has 1 saturated heterocycles. The van der Waals surface area contributed by atoms with E-state index in [1.54, 1.807) is 24.3 Å². The molecule has 23 heavy (non-hydrogen) atoms. The number of nitrogens with one attached hydrogen (secondary N) is 1. The van der Waals surface area contributed by atoms with E-state index in [-0.39, 0.29) is 9.92 Å². The smallest absolute Gasteiger partial charge is 0.244 e. The van der Waals surface area contributed by atoms with Gasteiger partial charge in [0.2, 0.25) is 10.0 Å². The Balaban J connectivity index is 1.96. The van der Waals surface area contributed by atoms with Crippen molar-refractivity contribution in [2.24, 2.45) is 0 Å². The number of benzene rings is 1. The molecule has 8 heteroatoms. The molecule has 0 spiro atoms. The van der Waals surface area contributed by atoms with Gasteiger partial charge >= 0.3 is 0 Å². The van der Waals surface area contributed by atoms with Crippen molar-refractivity contribution in [1.82, 2.24) is 14.5 Å². The Bertz CT molecular complexity index is 644. The van der Waals surface area contributed by atoms with Gasteiger partial charge in [0.05, 0.1) is 5.02 Å². The number of sulfonamides is 1. The molecule has 1 aromatic rings. The molecule has 1 heterocycles. The fraction of sp³-hybridized carbons (Fsp3) is 0.533. The maximum absolute atomic E-state index is 12.7. The number of halogens is 1. The van der Waals surface area contributed by atoms with Gasteiger partial charge in [0.1, 0.15) is 4.90 Å². The molecule has 0 amide bonds. The Labute approximate surface area is 148 Å². The SMILES string of the molecule is CCCCNC(=S)N1CCN(S(=O)(=O)c2ccccc2Cl)CC1. The van der Waals surface area contributed by atoms with Crippen LogP contribution in [-0.2, 0) is 10.0 Å². The van der Waals surface area contributed by atoms with Gasteiger partial charge < -0.3 is 10.2 Å². The average Bonchev–Trinajstić information content (AvgIpc) is 2.55. The molecule has 5 nitrogen and oxygen atoms in total. The van der Waals surface area contributed by atoms with Crippen molar-refractivity contribution in [2.75, 3.05) is 32.7 Å². The highest BCUT2D eigenvalue weighted by Crippen LogP contribution is 2.24. The zero-order valence-corrected chi connectivity index (χ0v) is 15.6. The highest BCUT2D eigenvalue weighted by molar-refractivity contribution is 7.89. The Hall–Kier alpha value is -0.890. The summed E-state index contributed by atoms with van der Waals surface area (Å²) in [5, 5.41) is 4.17. The van der Waals surface area contributed by atoms with E-state index in [9.17, 15) is 8.42 Å². The minimum Gasteiger partial charge on any atom is -0.363 e. The van der Waals surface area contributed by atoms with E-state index in [4.69, 9.17) is 23.8 Å². The van der Waals surface area contributed by atoms with Crippen LogP contribution < -0.4 is 5.32 Å². The van der Waals surface area contributed by atoms with Crippen LogP contribution in [-0.4, -0.2) is 55.5 Å². The molecule has 0 radical (unpaired) electrons. The van der Waals surface area contributed by atoms with Crippen LogP contribution in [0.3, 0.4) is 0 Å². The Morgan fingerprint density at radius 2 is 1.91 bits per heavy atom. The number of rotatable bonds is 5. The summed E-state index contributed by atoms with van der Waals surface area (Å²) in [6.07, 6.45) is 2.18. The summed E-state index contributed by atoms with van der Waals surface area (Å²) in [5.41, 5.74) is 0. The summed E-state index contributed by atoms with van der Waals surface area (Å²) in [7, 11) is -3.55. The number of thiocarbonyl (C=S) groups is 1. The molecule has 1 aliphatic rings. The van der Waals surface area contributed by atoms with Gasteiger partial charge in [0.25, 0.3) is 0 Å². The van der Waals surface area contributed by atoms with E-state index >= 15 is 0 Å². The van der Waals surface area contributed by atoms with Crippen LogP contribution in [0.2, 0.25) is 5.02 Å². The zero-order chi connectivity index (χ0) is 16.9. The van der Waals surface area contributed by atoms with Gasteiger partial charge in [0, 0.05) is 32.7 Å². The normalized spacial score (nSPS) is 16.3. The fourth-order valence-corrected chi connectivity index (χ4v) is 4.61. The maximum Gasteiger partial charge on any atom is 0.244 e. The van der Waals surface area contributed by atoms with Crippen LogP contribution in [0.4, 0.5) is 0 Å². The molecular weight excluding hydrogens is 354 g/mol. The molecular formula is C15H22ClN3O2S2. The molecule has 0 aromatic heterocycles. The third kappa shape index (κ3) is 4.56. The topological polar surface area (TPSA) is 52.6 Å². The van der Waals surface area contributed by atoms with Crippen LogP contribution in [0.15, 0.2) is 29.2 Å². The average molecular weight is 376 g/mol. The molecule has 0 aliphatic carbocycles. The molecule has 1 aromatic carbocycles. The van der Waals surface area contributed by atoms with Gasteiger partial charge in [-0.1, -0.05) is 37.1 Å². The van der Waals surface area contributed by atoms with Crippen molar-refractivity contribution in [3.05, 3.63) is 29.3 Å². The molecule has 1 aliphatic heterocycles. The van der Waals surface area contributed by atoms with Crippen molar-refractivity contribution >= 4 is 39.0 Å². The highest BCUT2D eigenvalue weighted by atomic mass is 35.5. The number of unbranched alkanes of at least 4 members (excludes halogenated alkanes) is 1. The number of hydrogen-bond acceptors (Lipinski definition) is 3. The first kappa shape index (κ1) is 18.4. The van der Waals surface area contributed by atoms with Gasteiger partial charge in [-0.2, -0.15) is 4.31 Å². The lowest BCUT2D eigenvalue weighted by atomic mass is 10.3. The number of piperazine rings is 1. The summed E-state index contributed by atoms with van der Waals surface area (Å²) in [4.78, 5) is 2.18. The largest absolute Gasteiger partial charge is 0.363 e. The maximum atomic E-state index is 12.7. The van der Waals surface area contributed by atoms with Crippen molar-refractivity contribution in [1.29, 1.82) is 0 Å². The van der Waals surface area contributed by atoms with Crippen LogP contribution in [0, 0.1) is 0 Å². The van der Waals surface area contributed by atoms with Crippen LogP contribution in [0.5, 0.6) is 0 Å². The Morgan fingerprint density at radius 1 is 1.26 bits per heavy atom. The molecule has 2 rings (SSSR count). The predicted octanol–water partition coefficient (Wildman–Crippen LogP) is 2.32. The molecule has 1 fully saturated rings. The van der Waals surface area contributed by atoms with Crippen molar-refractivity contribution in [3.63, 3.8) is 0 Å². The van der Waals surface area contributed by atoms with Gasteiger partial charge in [-0.15, -0.1) is 0 Å². The Kier molecular flexibility index (Phi) is 6.64. The van der Waals surface area contributed by atoms with Crippen molar-refractivity contribution in [3.8, 4) is 0 Å². The van der Waals surface area contributed by atoms with Crippen molar-refractivity contribution in [2.45, 2.75) is 24.7 Å². The standard InChI is InChI=1S/C15H22ClN3O2S2/c1-2-3-8-17-15(22)18-9-11-19(12-10-18)23(20,21)14-7-5-4-6-13(14)16/h4-7H,2-3,8-12H2,1H3,(H,17,22). The fourth-order valence-electron chi connectivity index (χ4n) is 2.41. The molecule has 0 atom stereocenters. The summed E-state index contributed by atoms with van der Waals surface area (Å²) >= 11 is 11.4. The second-order valence-corrected chi connectivity index (χ2v) is 8.11. The summed E-state index contributed by atoms with van der Waals surface area (Å²) < 4.78 is 26.8. The second kappa shape index (κ2) is 8.28. The number of nitrogens with zero attached hydrogens (tertiary/aromatic N) is 2. The third-order valence-corrected chi connectivity index (χ3v) is 6.59. The third-order valence-electron chi connectivity index (χ3n) is 3.79. The van der Waals surface area contributed by atoms with Crippen LogP contribution >= 0.6 is 23.8 Å². The van der Waals surface area contributed by atoms with Crippen molar-refractivity contribution < 1.29 is 8.42 Å². The second-order valence-electron chi connectivity index (χ2n) is 5.41. The van der Waals surface area contributed by atoms with E-state index in [1.807, 2.05) is 4.90 Å². The minimum absolute atomic E-state index is 0.166. The highest BCUT2D eigenvalue weighted by Gasteiger charge is 2.30. The van der Waals surface area contributed by atoms with E-state index in [0.717, 1.165) is 19.4 Å². The molecule has 0 saturated carbocycles. The van der Waals surface area contributed by atoms with Gasteiger partial charge in [-0.25, -0.2) is 8.42 Å². The van der Waals surface area contributed by atoms with Gasteiger partial charge in [-0.05, 0) is 30.8 Å². The van der Waals surface area contributed by atoms with Gasteiger partial charge in [0.15, 0.2) is 5.11 Å². The monoisotopic (exact) mass is 375 g/mol. The molecule has 0 unspecified atom stereocenters. The predicted molar refractivity (Wildman–Crippen MR) is 97.3 cm³/mol. The summed E-state index contributed by atoms with van der Waals surface area (Å²) in [6.45, 7) is 4.96. The van der Waals surface area contributed by atoms with Gasteiger partial charge in [-0.3, -0.25) is 0 Å². The van der Waals surface area contributed by atoms with E-state index in [2.05, 4.69) is 12.2 Å². The lowest BCUT2D eigenvalue weighted by Crippen LogP contribution is -2.53. The Morgan fingerprint density at radius 3 is 2.52 bits per heavy atom. The summed E-state index contributed by atoms with van der Waals surface area (Å²) in [5.74, 6) is 0. The van der Waals surface area contributed by atoms with Crippen LogP contribution in [0.25, 0.3) is 0 Å². The first-order chi connectivity index (χ1) is 11.0. The quantitative estimate of drug-likeness (QED) is 0.632. The lowest BCUT2D eigenvalue weighted by Gasteiger charge is -2.35. The van der Waals surface area contributed by atoms with Crippen LogP contribution in [0.1, 0.15) is 19.8 Å². The van der Waals surface area contributed by atoms with E-state index in [1.165, 1.54) is 4.31 Å². The molecule has 128 valence electrons. The molecule has 1 N–H and O–H groups in total. The number of hydrogen-bond donors (Lipinski definition) is 1. The molecule has 0 bridgehead atoms.